The fourth-order valence-corrected chi connectivity index (χ4v) is 3.46. The third-order valence-corrected chi connectivity index (χ3v) is 5.36. The molecule has 0 saturated carbocycles. The molecule has 0 saturated heterocycles. The van der Waals surface area contributed by atoms with Gasteiger partial charge in [-0.25, -0.2) is 9.18 Å². The maximum atomic E-state index is 15.7. The van der Waals surface area contributed by atoms with Crippen molar-refractivity contribution in [1.29, 1.82) is 0 Å². The number of allylic oxidation sites excluding steroid dienone is 2. The molecule has 1 aromatic rings. The molecular weight excluding hydrogens is 404 g/mol. The Balaban J connectivity index is 2.33. The zero-order valence-corrected chi connectivity index (χ0v) is 15.9. The first-order chi connectivity index (χ1) is 13.0. The Morgan fingerprint density at radius 3 is 2.36 bits per heavy atom. The van der Waals surface area contributed by atoms with E-state index in [4.69, 9.17) is 0 Å². The van der Waals surface area contributed by atoms with Crippen LogP contribution in [0.5, 0.6) is 0 Å². The Morgan fingerprint density at radius 1 is 1.14 bits per heavy atom. The van der Waals surface area contributed by atoms with Crippen LogP contribution in [0.15, 0.2) is 36.1 Å². The topological polar surface area (TPSA) is 69.7 Å². The molecule has 0 bridgehead atoms. The lowest BCUT2D eigenvalue weighted by atomic mass is 9.86. The Bertz CT molecular complexity index is 831. The van der Waals surface area contributed by atoms with E-state index in [1.807, 2.05) is 0 Å². The first-order valence-electron chi connectivity index (χ1n) is 8.56. The van der Waals surface area contributed by atoms with Gasteiger partial charge < -0.3 is 8.92 Å². The lowest BCUT2D eigenvalue weighted by Gasteiger charge is -2.29. The molecule has 28 heavy (non-hydrogen) atoms. The van der Waals surface area contributed by atoms with Gasteiger partial charge >= 0.3 is 21.6 Å². The molecule has 0 heterocycles. The van der Waals surface area contributed by atoms with E-state index in [0.717, 1.165) is 6.08 Å². The van der Waals surface area contributed by atoms with E-state index in [0.29, 0.717) is 24.8 Å². The molecule has 1 unspecified atom stereocenters. The molecule has 0 spiro atoms. The number of esters is 1. The van der Waals surface area contributed by atoms with Gasteiger partial charge in [-0.15, -0.1) is 0 Å². The maximum Gasteiger partial charge on any atom is 0.534 e. The molecule has 0 amide bonds. The second kappa shape index (κ2) is 8.50. The number of ether oxygens (including phenoxy) is 1. The minimum atomic E-state index is -5.98. The summed E-state index contributed by atoms with van der Waals surface area (Å²) in [6.45, 7) is 0. The van der Waals surface area contributed by atoms with E-state index in [-0.39, 0.29) is 18.4 Å². The lowest BCUT2D eigenvalue weighted by Crippen LogP contribution is -2.35. The van der Waals surface area contributed by atoms with Gasteiger partial charge in [0.2, 0.25) is 0 Å². The van der Waals surface area contributed by atoms with Crippen LogP contribution in [0.3, 0.4) is 0 Å². The monoisotopic (exact) mass is 424 g/mol. The number of alkyl halides is 4. The number of carbonyl (C=O) groups excluding carboxylic acids is 1. The molecule has 5 nitrogen and oxygen atoms in total. The van der Waals surface area contributed by atoms with Gasteiger partial charge in [0.15, 0.2) is 11.4 Å². The van der Waals surface area contributed by atoms with Gasteiger partial charge in [-0.1, -0.05) is 18.6 Å². The average molecular weight is 424 g/mol. The normalized spacial score (nSPS) is 21.2. The lowest BCUT2D eigenvalue weighted by molar-refractivity contribution is -0.0539. The van der Waals surface area contributed by atoms with E-state index in [9.17, 15) is 26.4 Å². The summed E-state index contributed by atoms with van der Waals surface area (Å²) in [5.41, 5.74) is -7.48. The smallest absolute Gasteiger partial charge is 0.465 e. The highest BCUT2D eigenvalue weighted by Crippen LogP contribution is 2.38. The van der Waals surface area contributed by atoms with Crippen molar-refractivity contribution >= 4 is 16.1 Å². The number of hydrogen-bond acceptors (Lipinski definition) is 5. The first-order valence-corrected chi connectivity index (χ1v) is 9.97. The van der Waals surface area contributed by atoms with Crippen molar-refractivity contribution in [2.24, 2.45) is 0 Å². The van der Waals surface area contributed by atoms with Crippen LogP contribution in [-0.4, -0.2) is 32.7 Å². The molecule has 0 aliphatic heterocycles. The summed E-state index contributed by atoms with van der Waals surface area (Å²) in [4.78, 5) is 11.5. The highest BCUT2D eigenvalue weighted by atomic mass is 32.2. The third-order valence-electron chi connectivity index (χ3n) is 4.39. The van der Waals surface area contributed by atoms with Gasteiger partial charge in [0.1, 0.15) is 0 Å². The Labute approximate surface area is 160 Å². The van der Waals surface area contributed by atoms with Crippen LogP contribution in [0, 0.1) is 0 Å². The van der Waals surface area contributed by atoms with Crippen molar-refractivity contribution in [3.8, 4) is 0 Å². The van der Waals surface area contributed by atoms with Gasteiger partial charge in [0, 0.05) is 6.42 Å². The second-order valence-corrected chi connectivity index (χ2v) is 8.02. The van der Waals surface area contributed by atoms with E-state index >= 15 is 4.39 Å². The molecule has 1 aliphatic rings. The van der Waals surface area contributed by atoms with Gasteiger partial charge in [-0.3, -0.25) is 0 Å². The number of halogens is 4. The molecule has 0 radical (unpaired) electrons. The van der Waals surface area contributed by atoms with Gasteiger partial charge in [0.25, 0.3) is 0 Å². The minimum absolute atomic E-state index is 0.190. The summed E-state index contributed by atoms with van der Waals surface area (Å²) in [5, 5.41) is 0. The maximum absolute atomic E-state index is 15.7. The summed E-state index contributed by atoms with van der Waals surface area (Å²) in [6, 6.07) is 5.65. The molecule has 0 N–H and O–H groups in total. The van der Waals surface area contributed by atoms with Crippen LogP contribution in [0.25, 0.3) is 0 Å². The summed E-state index contributed by atoms with van der Waals surface area (Å²) in [6.07, 6.45) is 2.30. The summed E-state index contributed by atoms with van der Waals surface area (Å²) < 4.78 is 85.4. The van der Waals surface area contributed by atoms with Gasteiger partial charge in [-0.2, -0.15) is 21.6 Å². The largest absolute Gasteiger partial charge is 0.534 e. The van der Waals surface area contributed by atoms with E-state index < -0.39 is 39.4 Å². The van der Waals surface area contributed by atoms with Gasteiger partial charge in [0.05, 0.1) is 12.7 Å². The van der Waals surface area contributed by atoms with Crippen LogP contribution in [0.1, 0.15) is 48.0 Å². The van der Waals surface area contributed by atoms with Crippen molar-refractivity contribution in [2.75, 3.05) is 7.11 Å². The Morgan fingerprint density at radius 2 is 1.79 bits per heavy atom. The number of methoxy groups -OCH3 is 1. The SMILES string of the molecule is COC(=O)c1ccc(CC2(F)CCCCCC=C2OS(=O)(=O)C(F)(F)F)cc1. The zero-order chi connectivity index (χ0) is 21.0. The fraction of sp³-hybridized carbons (Fsp3) is 0.500. The van der Waals surface area contributed by atoms with Crippen molar-refractivity contribution in [2.45, 2.75) is 49.7 Å². The zero-order valence-electron chi connectivity index (χ0n) is 15.1. The highest BCUT2D eigenvalue weighted by molar-refractivity contribution is 7.87. The fourth-order valence-electron chi connectivity index (χ4n) is 2.92. The summed E-state index contributed by atoms with van der Waals surface area (Å²) >= 11 is 0. The molecular formula is C18H20F4O5S. The van der Waals surface area contributed by atoms with Crippen LogP contribution in [0.2, 0.25) is 0 Å². The highest BCUT2D eigenvalue weighted by Gasteiger charge is 2.51. The van der Waals surface area contributed by atoms with Crippen LogP contribution in [0.4, 0.5) is 17.6 Å². The Hall–Kier alpha value is -2.10. The minimum Gasteiger partial charge on any atom is -0.465 e. The first kappa shape index (κ1) is 22.2. The summed E-state index contributed by atoms with van der Waals surface area (Å²) in [5.74, 6) is -1.44. The molecule has 0 aromatic heterocycles. The molecule has 1 atom stereocenters. The molecule has 0 fully saturated rings. The van der Waals surface area contributed by atoms with Crippen LogP contribution in [-0.2, 0) is 25.5 Å². The van der Waals surface area contributed by atoms with Crippen LogP contribution < -0.4 is 0 Å². The molecule has 156 valence electrons. The molecule has 10 heteroatoms. The van der Waals surface area contributed by atoms with Crippen molar-refractivity contribution < 1.29 is 39.7 Å². The molecule has 1 aliphatic carbocycles. The predicted molar refractivity (Wildman–Crippen MR) is 92.6 cm³/mol. The molecule has 1 aromatic carbocycles. The Kier molecular flexibility index (Phi) is 6.74. The standard InChI is InChI=1S/C18H20F4O5S/c1-26-16(23)14-9-7-13(8-10-14)12-17(19)11-5-3-2-4-6-15(17)27-28(24,25)18(20,21)22/h6-10H,2-5,11-12H2,1H3. The number of rotatable bonds is 5. The van der Waals surface area contributed by atoms with E-state index in [2.05, 4.69) is 8.92 Å². The van der Waals surface area contributed by atoms with Crippen molar-refractivity contribution in [1.82, 2.24) is 0 Å². The van der Waals surface area contributed by atoms with E-state index in [1.54, 1.807) is 0 Å². The number of hydrogen-bond donors (Lipinski definition) is 0. The van der Waals surface area contributed by atoms with Crippen molar-refractivity contribution in [3.63, 3.8) is 0 Å². The molecule has 2 rings (SSSR count). The van der Waals surface area contributed by atoms with Gasteiger partial charge in [-0.05, 0) is 49.5 Å². The number of benzene rings is 1. The van der Waals surface area contributed by atoms with Crippen molar-refractivity contribution in [3.05, 3.63) is 47.2 Å². The van der Waals surface area contributed by atoms with E-state index in [1.165, 1.54) is 31.4 Å². The predicted octanol–water partition coefficient (Wildman–Crippen LogP) is 4.44. The second-order valence-electron chi connectivity index (χ2n) is 6.48. The summed E-state index contributed by atoms with van der Waals surface area (Å²) in [7, 11) is -4.77. The van der Waals surface area contributed by atoms with Crippen LogP contribution >= 0.6 is 0 Å². The number of carbonyl (C=O) groups is 1. The third kappa shape index (κ3) is 5.24. The average Bonchev–Trinajstić information content (AvgIpc) is 2.61. The quantitative estimate of drug-likeness (QED) is 0.303.